The average Bonchev–Trinajstić information content (AvgIpc) is 3.19. The first-order valence-electron chi connectivity index (χ1n) is 18.0. The van der Waals surface area contributed by atoms with Gasteiger partial charge in [-0.05, 0) is 78.4 Å². The lowest BCUT2D eigenvalue weighted by Crippen LogP contribution is -2.29. The van der Waals surface area contributed by atoms with E-state index in [0.717, 1.165) is 5.56 Å². The first-order chi connectivity index (χ1) is 27.6. The molecule has 0 saturated heterocycles. The van der Waals surface area contributed by atoms with Gasteiger partial charge >= 0.3 is 0 Å². The molecule has 0 spiro atoms. The lowest BCUT2D eigenvalue weighted by molar-refractivity contribution is -0.115. The Labute approximate surface area is 327 Å². The standard InChI is InChI=1S/C40H44N10O7/c1-26(55)41-37-24-31(49(15-19-51)16-20-52)9-12-35(37)47-45-29-6-3-28(4-7-29)5-14-39-43-34-11-8-30(23-33(34)40(57)44-39)46-48-36-13-10-32(25-38(36)42-27(2)56)50(17-21-53)18-22-54/h3-14,23-25,51-54H,15-22H2,1-2H3,(H,41,55)(H,42,56)(H,43,44,57). The number of aliphatic hydroxyl groups excluding tert-OH is 4. The SMILES string of the molecule is CC(=O)Nc1cc(N(CCO)CCO)ccc1N=Nc1ccc(C=Cc2nc(=O)c3cc(N=Nc4ccc(N(CCO)CCO)cc4NC(C)=O)ccc3[nH]2)cc1. The third-order valence-electron chi connectivity index (χ3n) is 8.38. The maximum absolute atomic E-state index is 13.1. The third-order valence-corrected chi connectivity index (χ3v) is 8.38. The van der Waals surface area contributed by atoms with Crippen molar-refractivity contribution in [3.63, 3.8) is 0 Å². The number of hydrogen-bond donors (Lipinski definition) is 7. The number of nitrogens with zero attached hydrogens (tertiary/aromatic N) is 7. The Morgan fingerprint density at radius 2 is 1.14 bits per heavy atom. The highest BCUT2D eigenvalue weighted by molar-refractivity contribution is 5.94. The molecule has 57 heavy (non-hydrogen) atoms. The van der Waals surface area contributed by atoms with E-state index in [2.05, 4.69) is 41.1 Å². The van der Waals surface area contributed by atoms with Crippen LogP contribution in [-0.4, -0.2) is 94.8 Å². The zero-order chi connectivity index (χ0) is 40.7. The molecule has 0 fully saturated rings. The predicted octanol–water partition coefficient (Wildman–Crippen LogP) is 5.42. The topological polar surface area (TPSA) is 241 Å². The van der Waals surface area contributed by atoms with Gasteiger partial charge in [-0.3, -0.25) is 14.4 Å². The van der Waals surface area contributed by atoms with E-state index in [9.17, 15) is 34.8 Å². The Morgan fingerprint density at radius 3 is 1.63 bits per heavy atom. The molecule has 0 aliphatic heterocycles. The second-order valence-corrected chi connectivity index (χ2v) is 12.6. The molecule has 1 aromatic heterocycles. The Balaban J connectivity index is 1.29. The van der Waals surface area contributed by atoms with Crippen molar-refractivity contribution in [3.05, 3.63) is 101 Å². The van der Waals surface area contributed by atoms with Gasteiger partial charge in [-0.25, -0.2) is 0 Å². The zero-order valence-corrected chi connectivity index (χ0v) is 31.5. The van der Waals surface area contributed by atoms with Crippen molar-refractivity contribution >= 4 is 80.4 Å². The summed E-state index contributed by atoms with van der Waals surface area (Å²) in [7, 11) is 0. The largest absolute Gasteiger partial charge is 0.395 e. The third kappa shape index (κ3) is 11.7. The van der Waals surface area contributed by atoms with Crippen LogP contribution in [0.1, 0.15) is 25.2 Å². The van der Waals surface area contributed by atoms with E-state index >= 15 is 0 Å². The van der Waals surface area contributed by atoms with Crippen molar-refractivity contribution in [2.45, 2.75) is 13.8 Å². The van der Waals surface area contributed by atoms with Gasteiger partial charge in [-0.1, -0.05) is 18.2 Å². The van der Waals surface area contributed by atoms with Crippen LogP contribution in [0.25, 0.3) is 23.1 Å². The summed E-state index contributed by atoms with van der Waals surface area (Å²) >= 11 is 0. The smallest absolute Gasteiger partial charge is 0.281 e. The molecule has 17 nitrogen and oxygen atoms in total. The van der Waals surface area contributed by atoms with E-state index < -0.39 is 5.56 Å². The number of aromatic amines is 1. The first-order valence-corrected chi connectivity index (χ1v) is 18.0. The number of amides is 2. The molecular formula is C40H44N10O7. The molecular weight excluding hydrogens is 733 g/mol. The average molecular weight is 777 g/mol. The van der Waals surface area contributed by atoms with E-state index in [1.807, 2.05) is 12.1 Å². The second kappa shape index (κ2) is 20.3. The quantitative estimate of drug-likeness (QED) is 0.0557. The summed E-state index contributed by atoms with van der Waals surface area (Å²) in [5.74, 6) is -0.257. The minimum absolute atomic E-state index is 0.0982. The number of H-pyrrole nitrogens is 1. The van der Waals surface area contributed by atoms with Gasteiger partial charge in [0.1, 0.15) is 17.2 Å². The summed E-state index contributed by atoms with van der Waals surface area (Å²) < 4.78 is 0. The first kappa shape index (κ1) is 41.5. The normalized spacial score (nSPS) is 11.5. The molecule has 1 heterocycles. The molecule has 0 aliphatic carbocycles. The fraction of sp³-hybridized carbons (Fsp3) is 0.250. The predicted molar refractivity (Wildman–Crippen MR) is 220 cm³/mol. The van der Waals surface area contributed by atoms with Crippen molar-refractivity contribution in [2.24, 2.45) is 20.5 Å². The molecule has 0 aliphatic rings. The number of rotatable bonds is 18. The lowest BCUT2D eigenvalue weighted by Gasteiger charge is -2.23. The number of benzene rings is 4. The van der Waals surface area contributed by atoms with Gasteiger partial charge in [-0.15, -0.1) is 10.2 Å². The zero-order valence-electron chi connectivity index (χ0n) is 31.5. The van der Waals surface area contributed by atoms with E-state index in [0.29, 0.717) is 88.4 Å². The number of nitrogens with one attached hydrogen (secondary N) is 3. The van der Waals surface area contributed by atoms with Crippen LogP contribution in [0.3, 0.4) is 0 Å². The van der Waals surface area contributed by atoms with Crippen molar-refractivity contribution in [3.8, 4) is 0 Å². The van der Waals surface area contributed by atoms with Crippen molar-refractivity contribution in [1.82, 2.24) is 9.97 Å². The van der Waals surface area contributed by atoms with Crippen molar-refractivity contribution < 1.29 is 30.0 Å². The number of anilines is 4. The van der Waals surface area contributed by atoms with Crippen LogP contribution in [0, 0.1) is 0 Å². The maximum atomic E-state index is 13.1. The van der Waals surface area contributed by atoms with E-state index in [-0.39, 0.29) is 38.2 Å². The van der Waals surface area contributed by atoms with Gasteiger partial charge in [0, 0.05) is 51.4 Å². The number of aromatic nitrogens is 2. The number of carbonyl (C=O) groups excluding carboxylic acids is 2. The summed E-state index contributed by atoms with van der Waals surface area (Å²) in [6.07, 6.45) is 3.47. The summed E-state index contributed by atoms with van der Waals surface area (Å²) in [5.41, 5.74) is 4.84. The Bertz CT molecular complexity index is 2320. The Kier molecular flexibility index (Phi) is 14.8. The van der Waals surface area contributed by atoms with Crippen molar-refractivity contribution in [1.29, 1.82) is 0 Å². The number of aliphatic hydroxyl groups is 4. The molecule has 0 saturated carbocycles. The van der Waals surface area contributed by atoms with E-state index in [1.54, 1.807) is 88.7 Å². The maximum Gasteiger partial charge on any atom is 0.281 e. The highest BCUT2D eigenvalue weighted by Gasteiger charge is 2.13. The number of fused-ring (bicyclic) bond motifs is 1. The van der Waals surface area contributed by atoms with Crippen LogP contribution >= 0.6 is 0 Å². The second-order valence-electron chi connectivity index (χ2n) is 12.6. The van der Waals surface area contributed by atoms with Gasteiger partial charge in [0.15, 0.2) is 0 Å². The van der Waals surface area contributed by atoms with Gasteiger partial charge in [0.05, 0.1) is 60.1 Å². The molecule has 5 rings (SSSR count). The highest BCUT2D eigenvalue weighted by Crippen LogP contribution is 2.33. The van der Waals surface area contributed by atoms with Crippen LogP contribution < -0.4 is 26.0 Å². The number of azo groups is 2. The Morgan fingerprint density at radius 1 is 0.649 bits per heavy atom. The van der Waals surface area contributed by atoms with Crippen LogP contribution in [-0.2, 0) is 9.59 Å². The fourth-order valence-electron chi connectivity index (χ4n) is 5.76. The molecule has 7 N–H and O–H groups in total. The lowest BCUT2D eigenvalue weighted by atomic mass is 10.2. The molecule has 5 aromatic rings. The summed E-state index contributed by atoms with van der Waals surface area (Å²) in [6.45, 7) is 3.55. The molecule has 17 heteroatoms. The highest BCUT2D eigenvalue weighted by atomic mass is 16.3. The van der Waals surface area contributed by atoms with E-state index in [4.69, 9.17) is 0 Å². The molecule has 2 amide bonds. The molecule has 4 aromatic carbocycles. The van der Waals surface area contributed by atoms with Gasteiger partial charge in [-0.2, -0.15) is 15.2 Å². The molecule has 0 bridgehead atoms. The van der Waals surface area contributed by atoms with Gasteiger partial charge in [0.25, 0.3) is 5.56 Å². The minimum Gasteiger partial charge on any atom is -0.395 e. The summed E-state index contributed by atoms with van der Waals surface area (Å²) in [6, 6.07) is 22.4. The van der Waals surface area contributed by atoms with Gasteiger partial charge < -0.3 is 45.8 Å². The number of hydrogen-bond acceptors (Lipinski definition) is 14. The minimum atomic E-state index is -0.464. The molecule has 0 unspecified atom stereocenters. The number of carbonyl (C=O) groups is 2. The molecule has 0 radical (unpaired) electrons. The molecule has 296 valence electrons. The van der Waals surface area contributed by atoms with Crippen LogP contribution in [0.15, 0.2) is 104 Å². The van der Waals surface area contributed by atoms with Crippen LogP contribution in [0.2, 0.25) is 0 Å². The Hall–Kier alpha value is -6.66. The van der Waals surface area contributed by atoms with Gasteiger partial charge in [0.2, 0.25) is 11.8 Å². The van der Waals surface area contributed by atoms with Crippen LogP contribution in [0.4, 0.5) is 45.5 Å². The van der Waals surface area contributed by atoms with Crippen LogP contribution in [0.5, 0.6) is 0 Å². The summed E-state index contributed by atoms with van der Waals surface area (Å²) in [5, 5.41) is 60.7. The fourth-order valence-corrected chi connectivity index (χ4v) is 5.76. The van der Waals surface area contributed by atoms with Crippen molar-refractivity contribution in [2.75, 3.05) is 73.0 Å². The molecule has 0 atom stereocenters. The monoisotopic (exact) mass is 776 g/mol. The van der Waals surface area contributed by atoms with E-state index in [1.165, 1.54) is 13.8 Å². The summed E-state index contributed by atoms with van der Waals surface area (Å²) in [4.78, 5) is 47.8.